The van der Waals surface area contributed by atoms with E-state index >= 15 is 0 Å². The molecule has 0 spiro atoms. The SMILES string of the molecule is CCCCCCCCCC/C=C\CCCCCCCCCCCCCCCC(=O)OCC(COC(=O)CCCCCCCCCCCCCCC)OC(=O)CCCCCCCCCCCCCCCCCCCCC. The number of carbonyl (C=O) groups is 3. The molecule has 0 aromatic rings. The smallest absolute Gasteiger partial charge is 0.306 e. The zero-order chi connectivity index (χ0) is 54.3. The van der Waals surface area contributed by atoms with Crippen LogP contribution in [0, 0.1) is 0 Å². The summed E-state index contributed by atoms with van der Waals surface area (Å²) >= 11 is 0. The van der Waals surface area contributed by atoms with Crippen molar-refractivity contribution in [2.75, 3.05) is 13.2 Å². The van der Waals surface area contributed by atoms with E-state index in [1.807, 2.05) is 0 Å². The molecule has 0 aromatic carbocycles. The van der Waals surface area contributed by atoms with Crippen LogP contribution in [0.2, 0.25) is 0 Å². The van der Waals surface area contributed by atoms with E-state index in [9.17, 15) is 14.4 Å². The Labute approximate surface area is 469 Å². The second-order valence-corrected chi connectivity index (χ2v) is 23.5. The van der Waals surface area contributed by atoms with Gasteiger partial charge in [0.2, 0.25) is 0 Å². The van der Waals surface area contributed by atoms with Gasteiger partial charge in [-0.2, -0.15) is 0 Å². The molecule has 6 heteroatoms. The van der Waals surface area contributed by atoms with Crippen LogP contribution in [0.5, 0.6) is 0 Å². The number of hydrogen-bond donors (Lipinski definition) is 0. The maximum Gasteiger partial charge on any atom is 0.306 e. The summed E-state index contributed by atoms with van der Waals surface area (Å²) in [5.41, 5.74) is 0. The minimum atomic E-state index is -0.765. The summed E-state index contributed by atoms with van der Waals surface area (Å²) in [6.45, 7) is 6.72. The lowest BCUT2D eigenvalue weighted by Gasteiger charge is -2.18. The van der Waals surface area contributed by atoms with E-state index in [0.717, 1.165) is 57.8 Å². The molecule has 0 saturated heterocycles. The standard InChI is InChI=1S/C69H132O6/c1-4-7-10-13-16-19-22-25-27-29-31-32-33-34-35-36-38-39-41-44-47-50-53-56-59-62-68(71)74-65-66(64-73-67(70)61-58-55-52-49-46-43-24-21-18-15-12-9-6-3)75-69(72)63-60-57-54-51-48-45-42-40-37-30-28-26-23-20-17-14-11-8-5-2/h29,31,66H,4-28,30,32-65H2,1-3H3/b31-29-. The highest BCUT2D eigenvalue weighted by Gasteiger charge is 2.19. The predicted molar refractivity (Wildman–Crippen MR) is 326 cm³/mol. The lowest BCUT2D eigenvalue weighted by atomic mass is 10.0. The van der Waals surface area contributed by atoms with Gasteiger partial charge in [-0.05, 0) is 44.9 Å². The highest BCUT2D eigenvalue weighted by molar-refractivity contribution is 5.71. The first kappa shape index (κ1) is 73.2. The number of hydrogen-bond acceptors (Lipinski definition) is 6. The monoisotopic (exact) mass is 1060 g/mol. The van der Waals surface area contributed by atoms with Crippen LogP contribution in [0.15, 0.2) is 12.2 Å². The summed E-state index contributed by atoms with van der Waals surface area (Å²) in [5.74, 6) is -0.829. The van der Waals surface area contributed by atoms with Crippen LogP contribution in [0.3, 0.4) is 0 Å². The van der Waals surface area contributed by atoms with Crippen molar-refractivity contribution >= 4 is 17.9 Å². The molecule has 1 unspecified atom stereocenters. The predicted octanol–water partition coefficient (Wildman–Crippen LogP) is 23.2. The number of carbonyl (C=O) groups excluding carboxylic acids is 3. The molecule has 1 atom stereocenters. The van der Waals surface area contributed by atoms with Crippen molar-refractivity contribution in [1.82, 2.24) is 0 Å². The Hall–Kier alpha value is -1.85. The fraction of sp³-hybridized carbons (Fsp3) is 0.928. The third-order valence-electron chi connectivity index (χ3n) is 15.8. The Bertz CT molecular complexity index is 1170. The van der Waals surface area contributed by atoms with Gasteiger partial charge in [-0.25, -0.2) is 0 Å². The van der Waals surface area contributed by atoms with Crippen molar-refractivity contribution < 1.29 is 28.6 Å². The molecule has 0 aliphatic rings. The van der Waals surface area contributed by atoms with Gasteiger partial charge < -0.3 is 14.2 Å². The minimum absolute atomic E-state index is 0.0627. The molecular formula is C69H132O6. The van der Waals surface area contributed by atoms with Crippen LogP contribution in [0.1, 0.15) is 393 Å². The van der Waals surface area contributed by atoms with Gasteiger partial charge in [-0.15, -0.1) is 0 Å². The Kier molecular flexibility index (Phi) is 63.1. The quantitative estimate of drug-likeness (QED) is 0.0261. The van der Waals surface area contributed by atoms with E-state index in [-0.39, 0.29) is 31.1 Å². The zero-order valence-corrected chi connectivity index (χ0v) is 51.1. The molecule has 0 radical (unpaired) electrons. The van der Waals surface area contributed by atoms with Gasteiger partial charge in [-0.1, -0.05) is 341 Å². The Morgan fingerprint density at radius 3 is 0.667 bits per heavy atom. The second-order valence-electron chi connectivity index (χ2n) is 23.5. The Morgan fingerprint density at radius 2 is 0.440 bits per heavy atom. The summed E-state index contributed by atoms with van der Waals surface area (Å²) in [4.78, 5) is 38.4. The molecule has 0 aliphatic carbocycles. The number of ether oxygens (including phenoxy) is 3. The highest BCUT2D eigenvalue weighted by Crippen LogP contribution is 2.19. The van der Waals surface area contributed by atoms with Gasteiger partial charge in [0.15, 0.2) is 6.10 Å². The molecule has 444 valence electrons. The average Bonchev–Trinajstić information content (AvgIpc) is 3.41. The minimum Gasteiger partial charge on any atom is -0.462 e. The van der Waals surface area contributed by atoms with Crippen molar-refractivity contribution in [3.05, 3.63) is 12.2 Å². The average molecular weight is 1060 g/mol. The summed E-state index contributed by atoms with van der Waals surface area (Å²) in [5, 5.41) is 0. The molecule has 0 heterocycles. The molecule has 6 nitrogen and oxygen atoms in total. The van der Waals surface area contributed by atoms with E-state index in [4.69, 9.17) is 14.2 Å². The largest absolute Gasteiger partial charge is 0.462 e. The number of rotatable bonds is 64. The van der Waals surface area contributed by atoms with Crippen molar-refractivity contribution in [3.8, 4) is 0 Å². The zero-order valence-electron chi connectivity index (χ0n) is 51.1. The Morgan fingerprint density at radius 1 is 0.253 bits per heavy atom. The highest BCUT2D eigenvalue weighted by atomic mass is 16.6. The number of allylic oxidation sites excluding steroid dienone is 2. The summed E-state index contributed by atoms with van der Waals surface area (Å²) in [7, 11) is 0. The molecule has 0 bridgehead atoms. The van der Waals surface area contributed by atoms with Gasteiger partial charge in [0.1, 0.15) is 13.2 Å². The van der Waals surface area contributed by atoms with Crippen molar-refractivity contribution in [2.45, 2.75) is 399 Å². The fourth-order valence-corrected chi connectivity index (χ4v) is 10.6. The third kappa shape index (κ3) is 62.9. The molecule has 0 saturated carbocycles. The van der Waals surface area contributed by atoms with Crippen molar-refractivity contribution in [2.24, 2.45) is 0 Å². The first-order valence-corrected chi connectivity index (χ1v) is 34.2. The van der Waals surface area contributed by atoms with Crippen LogP contribution in [0.25, 0.3) is 0 Å². The fourth-order valence-electron chi connectivity index (χ4n) is 10.6. The molecule has 0 N–H and O–H groups in total. The van der Waals surface area contributed by atoms with Gasteiger partial charge in [0.25, 0.3) is 0 Å². The lowest BCUT2D eigenvalue weighted by molar-refractivity contribution is -0.167. The van der Waals surface area contributed by atoms with Gasteiger partial charge in [-0.3, -0.25) is 14.4 Å². The number of unbranched alkanes of at least 4 members (excludes halogenated alkanes) is 51. The molecule has 75 heavy (non-hydrogen) atoms. The van der Waals surface area contributed by atoms with Crippen LogP contribution < -0.4 is 0 Å². The second kappa shape index (κ2) is 64.7. The van der Waals surface area contributed by atoms with E-state index in [0.29, 0.717) is 19.3 Å². The molecular weight excluding hydrogens is 925 g/mol. The molecule has 0 aromatic heterocycles. The van der Waals surface area contributed by atoms with Gasteiger partial charge in [0, 0.05) is 19.3 Å². The van der Waals surface area contributed by atoms with E-state index < -0.39 is 6.10 Å². The Balaban J connectivity index is 4.21. The van der Waals surface area contributed by atoms with Crippen LogP contribution in [-0.4, -0.2) is 37.2 Å². The molecule has 0 aliphatic heterocycles. The van der Waals surface area contributed by atoms with Gasteiger partial charge >= 0.3 is 17.9 Å². The first-order chi connectivity index (χ1) is 37.0. The van der Waals surface area contributed by atoms with Crippen LogP contribution in [-0.2, 0) is 28.6 Å². The first-order valence-electron chi connectivity index (χ1n) is 34.2. The van der Waals surface area contributed by atoms with Crippen molar-refractivity contribution in [3.63, 3.8) is 0 Å². The normalized spacial score (nSPS) is 12.0. The van der Waals surface area contributed by atoms with E-state index in [2.05, 4.69) is 32.9 Å². The van der Waals surface area contributed by atoms with Crippen LogP contribution in [0.4, 0.5) is 0 Å². The summed E-state index contributed by atoms with van der Waals surface area (Å²) < 4.78 is 17.0. The molecule has 0 fully saturated rings. The molecule has 0 rings (SSSR count). The summed E-state index contributed by atoms with van der Waals surface area (Å²) in [6.07, 6.45) is 76.6. The maximum absolute atomic E-state index is 12.9. The third-order valence-corrected chi connectivity index (χ3v) is 15.8. The van der Waals surface area contributed by atoms with Crippen LogP contribution >= 0.6 is 0 Å². The topological polar surface area (TPSA) is 78.9 Å². The summed E-state index contributed by atoms with van der Waals surface area (Å²) in [6, 6.07) is 0. The lowest BCUT2D eigenvalue weighted by Crippen LogP contribution is -2.30. The number of esters is 3. The maximum atomic E-state index is 12.9. The van der Waals surface area contributed by atoms with Crippen molar-refractivity contribution in [1.29, 1.82) is 0 Å². The van der Waals surface area contributed by atoms with E-state index in [1.54, 1.807) is 0 Å². The van der Waals surface area contributed by atoms with Gasteiger partial charge in [0.05, 0.1) is 0 Å². The van der Waals surface area contributed by atoms with E-state index in [1.165, 1.54) is 295 Å². The molecule has 0 amide bonds.